The Kier molecular flexibility index (Phi) is 4.87. The third-order valence-corrected chi connectivity index (χ3v) is 4.42. The number of fused-ring (bicyclic) bond motifs is 1. The molecule has 118 valence electrons. The van der Waals surface area contributed by atoms with Gasteiger partial charge in [-0.2, -0.15) is 0 Å². The summed E-state index contributed by atoms with van der Waals surface area (Å²) >= 11 is 0. The van der Waals surface area contributed by atoms with Gasteiger partial charge in [0.05, 0.1) is 12.6 Å². The zero-order valence-corrected chi connectivity index (χ0v) is 12.9. The van der Waals surface area contributed by atoms with Crippen molar-refractivity contribution >= 4 is 16.6 Å². The third-order valence-electron chi connectivity index (χ3n) is 4.42. The zero-order chi connectivity index (χ0) is 15.4. The predicted molar refractivity (Wildman–Crippen MR) is 90.1 cm³/mol. The molecule has 0 amide bonds. The van der Waals surface area contributed by atoms with Crippen LogP contribution in [0.5, 0.6) is 0 Å². The van der Waals surface area contributed by atoms with Crippen LogP contribution in [0.25, 0.3) is 10.8 Å². The van der Waals surface area contributed by atoms with E-state index < -0.39 is 0 Å². The minimum atomic E-state index is 0.154. The maximum absolute atomic E-state index is 9.72. The molecule has 2 heterocycles. The highest BCUT2D eigenvalue weighted by atomic mass is 16.3. The van der Waals surface area contributed by atoms with Gasteiger partial charge in [0.15, 0.2) is 0 Å². The summed E-state index contributed by atoms with van der Waals surface area (Å²) in [4.78, 5) is 9.23. The molecule has 0 saturated carbocycles. The first kappa shape index (κ1) is 15.2. The molecule has 1 fully saturated rings. The van der Waals surface area contributed by atoms with E-state index in [0.29, 0.717) is 6.54 Å². The van der Waals surface area contributed by atoms with Crippen LogP contribution in [0.3, 0.4) is 0 Å². The SMILES string of the molecule is NCCCN1CCN(c2nccc3ccccc23)CC1CO. The molecule has 0 spiro atoms. The summed E-state index contributed by atoms with van der Waals surface area (Å²) in [6, 6.07) is 10.5. The molecule has 3 N–H and O–H groups in total. The minimum absolute atomic E-state index is 0.154. The van der Waals surface area contributed by atoms with Crippen molar-refractivity contribution < 1.29 is 5.11 Å². The number of anilines is 1. The van der Waals surface area contributed by atoms with Gasteiger partial charge in [-0.3, -0.25) is 4.90 Å². The monoisotopic (exact) mass is 300 g/mol. The van der Waals surface area contributed by atoms with Gasteiger partial charge in [0.25, 0.3) is 0 Å². The highest BCUT2D eigenvalue weighted by Gasteiger charge is 2.27. The molecule has 0 bridgehead atoms. The van der Waals surface area contributed by atoms with Gasteiger partial charge in [0, 0.05) is 31.2 Å². The van der Waals surface area contributed by atoms with E-state index in [1.165, 1.54) is 10.8 Å². The molecule has 0 radical (unpaired) electrons. The third kappa shape index (κ3) is 3.06. The number of pyridine rings is 1. The van der Waals surface area contributed by atoms with Crippen LogP contribution in [0.2, 0.25) is 0 Å². The molecule has 1 unspecified atom stereocenters. The first-order valence-electron chi connectivity index (χ1n) is 7.97. The zero-order valence-electron chi connectivity index (χ0n) is 12.9. The number of aliphatic hydroxyl groups is 1. The Hall–Kier alpha value is -1.69. The summed E-state index contributed by atoms with van der Waals surface area (Å²) in [5, 5.41) is 12.1. The van der Waals surface area contributed by atoms with Crippen LogP contribution in [0.4, 0.5) is 5.82 Å². The lowest BCUT2D eigenvalue weighted by Crippen LogP contribution is -2.55. The molecular weight excluding hydrogens is 276 g/mol. The Morgan fingerprint density at radius 2 is 2.09 bits per heavy atom. The molecule has 1 aliphatic rings. The number of nitrogens with two attached hydrogens (primary N) is 1. The van der Waals surface area contributed by atoms with E-state index in [-0.39, 0.29) is 12.6 Å². The number of benzene rings is 1. The second-order valence-electron chi connectivity index (χ2n) is 5.82. The fourth-order valence-corrected chi connectivity index (χ4v) is 3.20. The maximum Gasteiger partial charge on any atom is 0.136 e. The van der Waals surface area contributed by atoms with Crippen molar-refractivity contribution in [3.63, 3.8) is 0 Å². The second kappa shape index (κ2) is 7.05. The molecule has 1 aromatic heterocycles. The number of aromatic nitrogens is 1. The molecule has 1 saturated heterocycles. The van der Waals surface area contributed by atoms with Crippen molar-refractivity contribution in [3.8, 4) is 0 Å². The van der Waals surface area contributed by atoms with Crippen molar-refractivity contribution in [2.24, 2.45) is 5.73 Å². The van der Waals surface area contributed by atoms with Gasteiger partial charge in [-0.05, 0) is 31.0 Å². The fraction of sp³-hybridized carbons (Fsp3) is 0.471. The number of aliphatic hydroxyl groups excluding tert-OH is 1. The Labute approximate surface area is 131 Å². The molecular formula is C17H24N4O. The standard InChI is InChI=1S/C17H24N4O/c18-7-3-9-20-10-11-21(12-15(20)13-22)17-16-5-2-1-4-14(16)6-8-19-17/h1-2,4-6,8,15,22H,3,7,9-13,18H2. The van der Waals surface area contributed by atoms with E-state index in [9.17, 15) is 5.11 Å². The van der Waals surface area contributed by atoms with Crippen LogP contribution in [0, 0.1) is 0 Å². The maximum atomic E-state index is 9.72. The first-order valence-corrected chi connectivity index (χ1v) is 7.97. The Morgan fingerprint density at radius 3 is 2.91 bits per heavy atom. The van der Waals surface area contributed by atoms with E-state index in [4.69, 9.17) is 5.73 Å². The summed E-state index contributed by atoms with van der Waals surface area (Å²) in [5.74, 6) is 1.02. The molecule has 1 aromatic carbocycles. The lowest BCUT2D eigenvalue weighted by molar-refractivity contribution is 0.110. The summed E-state index contributed by atoms with van der Waals surface area (Å²) in [5.41, 5.74) is 5.60. The van der Waals surface area contributed by atoms with Gasteiger partial charge in [0.2, 0.25) is 0 Å². The lowest BCUT2D eigenvalue weighted by atomic mass is 10.1. The summed E-state index contributed by atoms with van der Waals surface area (Å²) in [6.07, 6.45) is 2.84. The van der Waals surface area contributed by atoms with Gasteiger partial charge in [-0.15, -0.1) is 0 Å². The average Bonchev–Trinajstić information content (AvgIpc) is 2.59. The first-order chi connectivity index (χ1) is 10.8. The predicted octanol–water partition coefficient (Wildman–Crippen LogP) is 1.07. The van der Waals surface area contributed by atoms with Gasteiger partial charge >= 0.3 is 0 Å². The number of nitrogens with zero attached hydrogens (tertiary/aromatic N) is 3. The molecule has 2 aromatic rings. The van der Waals surface area contributed by atoms with E-state index in [0.717, 1.165) is 38.4 Å². The number of rotatable bonds is 5. The normalized spacial score (nSPS) is 19.7. The van der Waals surface area contributed by atoms with Crippen LogP contribution in [-0.4, -0.2) is 60.4 Å². The second-order valence-corrected chi connectivity index (χ2v) is 5.82. The molecule has 0 aliphatic carbocycles. The molecule has 1 atom stereocenters. The van der Waals surface area contributed by atoms with Gasteiger partial charge in [-0.1, -0.05) is 24.3 Å². The van der Waals surface area contributed by atoms with Gasteiger partial charge < -0.3 is 15.7 Å². The van der Waals surface area contributed by atoms with Crippen molar-refractivity contribution in [3.05, 3.63) is 36.5 Å². The Morgan fingerprint density at radius 1 is 1.23 bits per heavy atom. The topological polar surface area (TPSA) is 65.6 Å². The molecule has 22 heavy (non-hydrogen) atoms. The Bertz CT molecular complexity index is 613. The van der Waals surface area contributed by atoms with Gasteiger partial charge in [-0.25, -0.2) is 4.98 Å². The van der Waals surface area contributed by atoms with E-state index in [1.807, 2.05) is 18.3 Å². The van der Waals surface area contributed by atoms with Crippen molar-refractivity contribution in [1.82, 2.24) is 9.88 Å². The van der Waals surface area contributed by atoms with Gasteiger partial charge in [0.1, 0.15) is 5.82 Å². The van der Waals surface area contributed by atoms with Crippen molar-refractivity contribution in [2.45, 2.75) is 12.5 Å². The van der Waals surface area contributed by atoms with Crippen LogP contribution in [-0.2, 0) is 0 Å². The summed E-state index contributed by atoms with van der Waals surface area (Å²) in [6.45, 7) is 4.51. The molecule has 3 rings (SSSR count). The smallest absolute Gasteiger partial charge is 0.136 e. The Balaban J connectivity index is 1.81. The fourth-order valence-electron chi connectivity index (χ4n) is 3.20. The van der Waals surface area contributed by atoms with Crippen LogP contribution < -0.4 is 10.6 Å². The summed E-state index contributed by atoms with van der Waals surface area (Å²) in [7, 11) is 0. The van der Waals surface area contributed by atoms with E-state index in [1.54, 1.807) is 0 Å². The average molecular weight is 300 g/mol. The number of piperazine rings is 1. The minimum Gasteiger partial charge on any atom is -0.395 e. The molecule has 5 nitrogen and oxygen atoms in total. The largest absolute Gasteiger partial charge is 0.395 e. The number of hydrogen-bond acceptors (Lipinski definition) is 5. The van der Waals surface area contributed by atoms with Crippen LogP contribution in [0.15, 0.2) is 36.5 Å². The highest BCUT2D eigenvalue weighted by molar-refractivity contribution is 5.92. The lowest BCUT2D eigenvalue weighted by Gasteiger charge is -2.41. The quantitative estimate of drug-likeness (QED) is 0.864. The van der Waals surface area contributed by atoms with Crippen molar-refractivity contribution in [1.29, 1.82) is 0 Å². The highest BCUT2D eigenvalue weighted by Crippen LogP contribution is 2.26. The summed E-state index contributed by atoms with van der Waals surface area (Å²) < 4.78 is 0. The van der Waals surface area contributed by atoms with Crippen LogP contribution >= 0.6 is 0 Å². The van der Waals surface area contributed by atoms with Crippen LogP contribution in [0.1, 0.15) is 6.42 Å². The molecule has 5 heteroatoms. The number of hydrogen-bond donors (Lipinski definition) is 2. The van der Waals surface area contributed by atoms with Crippen molar-refractivity contribution in [2.75, 3.05) is 44.2 Å². The molecule has 1 aliphatic heterocycles. The van der Waals surface area contributed by atoms with E-state index in [2.05, 4.69) is 33.0 Å². The van der Waals surface area contributed by atoms with E-state index >= 15 is 0 Å².